The molecular formula is C32H64O4S. The minimum atomic E-state index is -4.37. The second-order valence-electron chi connectivity index (χ2n) is 11.3. The first kappa shape index (κ1) is 36.6. The molecule has 5 heteroatoms. The Kier molecular flexibility index (Phi) is 28.3. The summed E-state index contributed by atoms with van der Waals surface area (Å²) in [4.78, 5) is 0. The zero-order valence-corrected chi connectivity index (χ0v) is 25.7. The van der Waals surface area contributed by atoms with Crippen LogP contribution in [0.5, 0.6) is 0 Å². The van der Waals surface area contributed by atoms with Crippen molar-refractivity contribution in [3.05, 3.63) is 12.2 Å². The lowest BCUT2D eigenvalue weighted by molar-refractivity contribution is 0.234. The summed E-state index contributed by atoms with van der Waals surface area (Å²) < 4.78 is 35.7. The monoisotopic (exact) mass is 544 g/mol. The maximum Gasteiger partial charge on any atom is 0.397 e. The standard InChI is InChI=1S/C32H64O4S/c1-3-5-7-9-11-13-15-17-18-20-22-24-26-28-30-32(31-36-37(33,34)35)29-27-25-23-21-19-16-14-12-10-8-6-4-2/h28,30,32H,3-27,29,31H2,1-2H3,(H,33,34,35)/b30-28+. The van der Waals surface area contributed by atoms with Gasteiger partial charge >= 0.3 is 10.4 Å². The second-order valence-corrected chi connectivity index (χ2v) is 12.3. The molecule has 0 bridgehead atoms. The number of allylic oxidation sites excluding steroid dienone is 1. The van der Waals surface area contributed by atoms with E-state index in [0.717, 1.165) is 19.3 Å². The van der Waals surface area contributed by atoms with Crippen LogP contribution in [0.4, 0.5) is 0 Å². The van der Waals surface area contributed by atoms with Gasteiger partial charge in [-0.25, -0.2) is 4.18 Å². The van der Waals surface area contributed by atoms with Gasteiger partial charge in [-0.15, -0.1) is 0 Å². The fourth-order valence-corrected chi connectivity index (χ4v) is 5.39. The molecule has 222 valence electrons. The van der Waals surface area contributed by atoms with Crippen molar-refractivity contribution in [2.45, 2.75) is 181 Å². The summed E-state index contributed by atoms with van der Waals surface area (Å²) in [5.41, 5.74) is 0. The molecule has 0 saturated carbocycles. The van der Waals surface area contributed by atoms with E-state index in [0.29, 0.717) is 0 Å². The first-order valence-corrected chi connectivity index (χ1v) is 17.6. The van der Waals surface area contributed by atoms with E-state index in [1.165, 1.54) is 148 Å². The summed E-state index contributed by atoms with van der Waals surface area (Å²) >= 11 is 0. The molecular weight excluding hydrogens is 480 g/mol. The van der Waals surface area contributed by atoms with E-state index in [4.69, 9.17) is 8.74 Å². The molecule has 1 unspecified atom stereocenters. The predicted molar refractivity (Wildman–Crippen MR) is 162 cm³/mol. The zero-order valence-electron chi connectivity index (χ0n) is 24.9. The topological polar surface area (TPSA) is 63.6 Å². The van der Waals surface area contributed by atoms with Gasteiger partial charge in [0, 0.05) is 5.92 Å². The van der Waals surface area contributed by atoms with Crippen molar-refractivity contribution in [3.63, 3.8) is 0 Å². The van der Waals surface area contributed by atoms with Gasteiger partial charge in [0.1, 0.15) is 0 Å². The third-order valence-electron chi connectivity index (χ3n) is 7.49. The lowest BCUT2D eigenvalue weighted by Crippen LogP contribution is -2.12. The minimum Gasteiger partial charge on any atom is -0.264 e. The Morgan fingerprint density at radius 2 is 0.919 bits per heavy atom. The van der Waals surface area contributed by atoms with Gasteiger partial charge in [-0.3, -0.25) is 4.55 Å². The number of unbranched alkanes of at least 4 members (excludes halogenated alkanes) is 23. The summed E-state index contributed by atoms with van der Waals surface area (Å²) in [6, 6.07) is 0. The van der Waals surface area contributed by atoms with Gasteiger partial charge in [0.25, 0.3) is 0 Å². The van der Waals surface area contributed by atoms with Gasteiger partial charge in [-0.2, -0.15) is 8.42 Å². The van der Waals surface area contributed by atoms with Gasteiger partial charge in [0.2, 0.25) is 0 Å². The van der Waals surface area contributed by atoms with Gasteiger partial charge < -0.3 is 0 Å². The highest BCUT2D eigenvalue weighted by atomic mass is 32.3. The molecule has 0 fully saturated rings. The molecule has 0 heterocycles. The molecule has 37 heavy (non-hydrogen) atoms. The summed E-state index contributed by atoms with van der Waals surface area (Å²) in [6.45, 7) is 4.58. The van der Waals surface area contributed by atoms with Gasteiger partial charge in [0.15, 0.2) is 0 Å². The molecule has 0 saturated heterocycles. The average Bonchev–Trinajstić information content (AvgIpc) is 2.87. The van der Waals surface area contributed by atoms with Crippen molar-refractivity contribution in [1.29, 1.82) is 0 Å². The second kappa shape index (κ2) is 28.6. The highest BCUT2D eigenvalue weighted by molar-refractivity contribution is 7.80. The Bertz CT molecular complexity index is 573. The largest absolute Gasteiger partial charge is 0.397 e. The van der Waals surface area contributed by atoms with E-state index in [1.807, 2.05) is 0 Å². The predicted octanol–water partition coefficient (Wildman–Crippen LogP) is 11.2. The Morgan fingerprint density at radius 3 is 1.30 bits per heavy atom. The molecule has 0 aromatic rings. The van der Waals surface area contributed by atoms with Crippen LogP contribution in [0.3, 0.4) is 0 Å². The molecule has 0 radical (unpaired) electrons. The van der Waals surface area contributed by atoms with Crippen molar-refractivity contribution in [2.75, 3.05) is 6.61 Å². The van der Waals surface area contributed by atoms with Crippen LogP contribution in [0, 0.1) is 5.92 Å². The molecule has 4 nitrogen and oxygen atoms in total. The van der Waals surface area contributed by atoms with Crippen LogP contribution in [0.15, 0.2) is 12.2 Å². The lowest BCUT2D eigenvalue weighted by Gasteiger charge is -2.12. The van der Waals surface area contributed by atoms with E-state index in [1.54, 1.807) is 0 Å². The van der Waals surface area contributed by atoms with Gasteiger partial charge in [-0.05, 0) is 19.3 Å². The summed E-state index contributed by atoms with van der Waals surface area (Å²) in [5.74, 6) is 0.0578. The molecule has 0 aromatic carbocycles. The first-order valence-electron chi connectivity index (χ1n) is 16.3. The van der Waals surface area contributed by atoms with Crippen LogP contribution in [0.2, 0.25) is 0 Å². The normalized spacial score (nSPS) is 13.1. The molecule has 0 rings (SSSR count). The number of hydrogen-bond donors (Lipinski definition) is 1. The molecule has 0 aliphatic heterocycles. The minimum absolute atomic E-state index is 0.0474. The van der Waals surface area contributed by atoms with Crippen molar-refractivity contribution >= 4 is 10.4 Å². The SMILES string of the molecule is CCCCCCCCCCCCCC/C=C/C(CCCCCCCCCCCCCC)COS(=O)(=O)O. The first-order chi connectivity index (χ1) is 18.0. The highest BCUT2D eigenvalue weighted by Gasteiger charge is 2.11. The summed E-state index contributed by atoms with van der Waals surface area (Å²) in [6.07, 6.45) is 38.3. The summed E-state index contributed by atoms with van der Waals surface area (Å²) in [5, 5.41) is 0. The maximum atomic E-state index is 11.0. The third-order valence-corrected chi connectivity index (χ3v) is 7.93. The van der Waals surface area contributed by atoms with Crippen LogP contribution < -0.4 is 0 Å². The van der Waals surface area contributed by atoms with E-state index < -0.39 is 10.4 Å². The van der Waals surface area contributed by atoms with Gasteiger partial charge in [-0.1, -0.05) is 174 Å². The van der Waals surface area contributed by atoms with Crippen LogP contribution in [0.1, 0.15) is 181 Å². The van der Waals surface area contributed by atoms with Crippen molar-refractivity contribution in [1.82, 2.24) is 0 Å². The average molecular weight is 545 g/mol. The lowest BCUT2D eigenvalue weighted by atomic mass is 9.99. The van der Waals surface area contributed by atoms with E-state index in [2.05, 4.69) is 26.0 Å². The Balaban J connectivity index is 3.81. The fraction of sp³-hybridized carbons (Fsp3) is 0.938. The van der Waals surface area contributed by atoms with Crippen LogP contribution >= 0.6 is 0 Å². The molecule has 0 aliphatic rings. The van der Waals surface area contributed by atoms with Crippen LogP contribution in [-0.2, 0) is 14.6 Å². The quantitative estimate of drug-likeness (QED) is 0.0555. The van der Waals surface area contributed by atoms with Crippen molar-refractivity contribution in [3.8, 4) is 0 Å². The Hall–Kier alpha value is -0.390. The van der Waals surface area contributed by atoms with E-state index in [-0.39, 0.29) is 12.5 Å². The van der Waals surface area contributed by atoms with E-state index in [9.17, 15) is 8.42 Å². The molecule has 1 atom stereocenters. The summed E-state index contributed by atoms with van der Waals surface area (Å²) in [7, 11) is -4.37. The Labute approximate surface area is 232 Å². The zero-order chi connectivity index (χ0) is 27.3. The maximum absolute atomic E-state index is 11.0. The highest BCUT2D eigenvalue weighted by Crippen LogP contribution is 2.17. The third kappa shape index (κ3) is 31.7. The molecule has 0 spiro atoms. The smallest absolute Gasteiger partial charge is 0.264 e. The fourth-order valence-electron chi connectivity index (χ4n) is 5.05. The van der Waals surface area contributed by atoms with Crippen LogP contribution in [-0.4, -0.2) is 19.6 Å². The van der Waals surface area contributed by atoms with Gasteiger partial charge in [0.05, 0.1) is 6.61 Å². The molecule has 0 amide bonds. The molecule has 1 N–H and O–H groups in total. The van der Waals surface area contributed by atoms with E-state index >= 15 is 0 Å². The Morgan fingerprint density at radius 1 is 0.568 bits per heavy atom. The van der Waals surface area contributed by atoms with Crippen molar-refractivity contribution < 1.29 is 17.2 Å². The van der Waals surface area contributed by atoms with Crippen LogP contribution in [0.25, 0.3) is 0 Å². The molecule has 0 aliphatic carbocycles. The molecule has 0 aromatic heterocycles. The number of rotatable bonds is 30. The number of hydrogen-bond acceptors (Lipinski definition) is 3. The van der Waals surface area contributed by atoms with Crippen molar-refractivity contribution in [2.24, 2.45) is 5.92 Å².